The van der Waals surface area contributed by atoms with E-state index in [-0.39, 0.29) is 11.9 Å². The van der Waals surface area contributed by atoms with Gasteiger partial charge in [0.1, 0.15) is 0 Å². The molecule has 0 heterocycles. The van der Waals surface area contributed by atoms with E-state index in [1.165, 1.54) is 12.8 Å². The fourth-order valence-electron chi connectivity index (χ4n) is 2.25. The smallest absolute Gasteiger partial charge is 0.255 e. The Morgan fingerprint density at radius 3 is 2.89 bits per heavy atom. The normalized spacial score (nSPS) is 15.9. The first kappa shape index (κ1) is 13.7. The predicted molar refractivity (Wildman–Crippen MR) is 76.3 cm³/mol. The summed E-state index contributed by atoms with van der Waals surface area (Å²) in [5, 5.41) is 3.02. The van der Waals surface area contributed by atoms with E-state index in [1.807, 2.05) is 13.8 Å². The van der Waals surface area contributed by atoms with Crippen LogP contribution < -0.4 is 15.8 Å². The molecule has 104 valence electrons. The second-order valence-corrected chi connectivity index (χ2v) is 5.21. The summed E-state index contributed by atoms with van der Waals surface area (Å²) in [4.78, 5) is 12.3. The highest BCUT2D eigenvalue weighted by Crippen LogP contribution is 2.33. The lowest BCUT2D eigenvalue weighted by Gasteiger charge is -2.16. The van der Waals surface area contributed by atoms with Crippen molar-refractivity contribution in [2.24, 2.45) is 5.92 Å². The number of para-hydroxylation sites is 1. The first-order valence-electron chi connectivity index (χ1n) is 6.94. The molecule has 1 fully saturated rings. The minimum Gasteiger partial charge on any atom is -0.491 e. The van der Waals surface area contributed by atoms with E-state index in [4.69, 9.17) is 10.5 Å². The van der Waals surface area contributed by atoms with E-state index < -0.39 is 0 Å². The Bertz CT molecular complexity index is 455. The number of amides is 1. The molecule has 1 aromatic rings. The monoisotopic (exact) mass is 262 g/mol. The highest BCUT2D eigenvalue weighted by Gasteiger charge is 2.25. The molecule has 0 aliphatic heterocycles. The Kier molecular flexibility index (Phi) is 4.30. The van der Waals surface area contributed by atoms with Crippen LogP contribution in [0.1, 0.15) is 43.5 Å². The van der Waals surface area contributed by atoms with Crippen molar-refractivity contribution >= 4 is 11.6 Å². The van der Waals surface area contributed by atoms with Crippen molar-refractivity contribution in [3.63, 3.8) is 0 Å². The van der Waals surface area contributed by atoms with E-state index in [0.29, 0.717) is 23.6 Å². The van der Waals surface area contributed by atoms with Gasteiger partial charge in [-0.15, -0.1) is 0 Å². The molecule has 1 aliphatic rings. The fraction of sp³-hybridized carbons (Fsp3) is 0.533. The fourth-order valence-corrected chi connectivity index (χ4v) is 2.25. The number of hydrogen-bond donors (Lipinski definition) is 2. The molecule has 0 saturated heterocycles. The zero-order chi connectivity index (χ0) is 13.8. The van der Waals surface area contributed by atoms with Crippen LogP contribution in [0, 0.1) is 5.92 Å². The van der Waals surface area contributed by atoms with E-state index in [0.717, 1.165) is 12.3 Å². The summed E-state index contributed by atoms with van der Waals surface area (Å²) in [5.41, 5.74) is 6.88. The predicted octanol–water partition coefficient (Wildman–Crippen LogP) is 2.59. The molecular weight excluding hydrogens is 240 g/mol. The molecule has 0 spiro atoms. The van der Waals surface area contributed by atoms with Crippen molar-refractivity contribution in [1.29, 1.82) is 0 Å². The van der Waals surface area contributed by atoms with Crippen LogP contribution in [0.15, 0.2) is 18.2 Å². The molecule has 1 saturated carbocycles. The van der Waals surface area contributed by atoms with Crippen LogP contribution in [-0.4, -0.2) is 18.6 Å². The lowest BCUT2D eigenvalue weighted by atomic mass is 10.1. The Balaban J connectivity index is 2.06. The van der Waals surface area contributed by atoms with Crippen LogP contribution in [-0.2, 0) is 0 Å². The van der Waals surface area contributed by atoms with E-state index in [9.17, 15) is 4.79 Å². The maximum atomic E-state index is 12.3. The standard InChI is InChI=1S/C15H22N2O2/c1-3-19-14-12(5-4-6-13(14)16)15(18)17-10(2)9-11-7-8-11/h4-6,10-11H,3,7-9,16H2,1-2H3,(H,17,18). The third kappa shape index (κ3) is 3.63. The summed E-state index contributed by atoms with van der Waals surface area (Å²) < 4.78 is 5.48. The average molecular weight is 262 g/mol. The van der Waals surface area contributed by atoms with Gasteiger partial charge in [-0.3, -0.25) is 4.79 Å². The average Bonchev–Trinajstić information content (AvgIpc) is 3.15. The minimum absolute atomic E-state index is 0.107. The number of benzene rings is 1. The van der Waals surface area contributed by atoms with E-state index in [2.05, 4.69) is 5.32 Å². The third-order valence-electron chi connectivity index (χ3n) is 3.34. The van der Waals surface area contributed by atoms with Crippen molar-refractivity contribution < 1.29 is 9.53 Å². The molecule has 1 aliphatic carbocycles. The minimum atomic E-state index is -0.107. The molecule has 1 amide bonds. The van der Waals surface area contributed by atoms with Gasteiger partial charge in [0.15, 0.2) is 5.75 Å². The van der Waals surface area contributed by atoms with Crippen molar-refractivity contribution in [2.45, 2.75) is 39.2 Å². The Morgan fingerprint density at radius 1 is 1.53 bits per heavy atom. The summed E-state index contributed by atoms with van der Waals surface area (Å²) in [6, 6.07) is 5.46. The number of ether oxygens (including phenoxy) is 1. The molecule has 1 unspecified atom stereocenters. The van der Waals surface area contributed by atoms with Crippen molar-refractivity contribution in [3.05, 3.63) is 23.8 Å². The van der Waals surface area contributed by atoms with Crippen molar-refractivity contribution in [2.75, 3.05) is 12.3 Å². The van der Waals surface area contributed by atoms with Crippen LogP contribution in [0.3, 0.4) is 0 Å². The summed E-state index contributed by atoms with van der Waals surface area (Å²) in [7, 11) is 0. The second kappa shape index (κ2) is 5.95. The molecule has 0 bridgehead atoms. The molecule has 0 aromatic heterocycles. The third-order valence-corrected chi connectivity index (χ3v) is 3.34. The molecule has 4 heteroatoms. The summed E-state index contributed by atoms with van der Waals surface area (Å²) >= 11 is 0. The van der Waals surface area contributed by atoms with Crippen LogP contribution in [0.5, 0.6) is 5.75 Å². The first-order valence-corrected chi connectivity index (χ1v) is 6.94. The number of rotatable bonds is 6. The number of carbonyl (C=O) groups excluding carboxylic acids is 1. The molecule has 1 aromatic carbocycles. The van der Waals surface area contributed by atoms with Crippen LogP contribution >= 0.6 is 0 Å². The van der Waals surface area contributed by atoms with Gasteiger partial charge in [0, 0.05) is 6.04 Å². The number of anilines is 1. The summed E-state index contributed by atoms with van der Waals surface area (Å²) in [6.07, 6.45) is 3.64. The van der Waals surface area contributed by atoms with Gasteiger partial charge in [-0.05, 0) is 38.3 Å². The largest absolute Gasteiger partial charge is 0.491 e. The molecule has 4 nitrogen and oxygen atoms in total. The topological polar surface area (TPSA) is 64.3 Å². The van der Waals surface area contributed by atoms with Crippen LogP contribution in [0.25, 0.3) is 0 Å². The molecular formula is C15H22N2O2. The molecule has 3 N–H and O–H groups in total. The van der Waals surface area contributed by atoms with E-state index >= 15 is 0 Å². The number of carbonyl (C=O) groups is 1. The maximum Gasteiger partial charge on any atom is 0.255 e. The first-order chi connectivity index (χ1) is 9.11. The molecule has 0 radical (unpaired) electrons. The Morgan fingerprint density at radius 2 is 2.26 bits per heavy atom. The van der Waals surface area contributed by atoms with Gasteiger partial charge in [0.05, 0.1) is 17.9 Å². The van der Waals surface area contributed by atoms with Gasteiger partial charge in [0.2, 0.25) is 0 Å². The Hall–Kier alpha value is -1.71. The van der Waals surface area contributed by atoms with Gasteiger partial charge in [-0.1, -0.05) is 18.9 Å². The van der Waals surface area contributed by atoms with Crippen LogP contribution in [0.2, 0.25) is 0 Å². The summed E-state index contributed by atoms with van der Waals surface area (Å²) in [5.74, 6) is 1.17. The maximum absolute atomic E-state index is 12.3. The number of nitrogens with one attached hydrogen (secondary N) is 1. The molecule has 19 heavy (non-hydrogen) atoms. The Labute approximate surface area is 114 Å². The van der Waals surface area contributed by atoms with Gasteiger partial charge in [0.25, 0.3) is 5.91 Å². The SMILES string of the molecule is CCOc1c(N)cccc1C(=O)NC(C)CC1CC1. The highest BCUT2D eigenvalue weighted by molar-refractivity contribution is 5.98. The van der Waals surface area contributed by atoms with Gasteiger partial charge >= 0.3 is 0 Å². The quantitative estimate of drug-likeness (QED) is 0.774. The van der Waals surface area contributed by atoms with Crippen LogP contribution in [0.4, 0.5) is 5.69 Å². The lowest BCUT2D eigenvalue weighted by Crippen LogP contribution is -2.33. The zero-order valence-corrected chi connectivity index (χ0v) is 11.6. The summed E-state index contributed by atoms with van der Waals surface area (Å²) in [6.45, 7) is 4.42. The van der Waals surface area contributed by atoms with Gasteiger partial charge < -0.3 is 15.8 Å². The highest BCUT2D eigenvalue weighted by atomic mass is 16.5. The molecule has 1 atom stereocenters. The van der Waals surface area contributed by atoms with Crippen molar-refractivity contribution in [3.8, 4) is 5.75 Å². The van der Waals surface area contributed by atoms with Gasteiger partial charge in [-0.25, -0.2) is 0 Å². The second-order valence-electron chi connectivity index (χ2n) is 5.21. The molecule has 2 rings (SSSR count). The lowest BCUT2D eigenvalue weighted by molar-refractivity contribution is 0.0933. The van der Waals surface area contributed by atoms with E-state index in [1.54, 1.807) is 18.2 Å². The van der Waals surface area contributed by atoms with Crippen molar-refractivity contribution in [1.82, 2.24) is 5.32 Å². The van der Waals surface area contributed by atoms with Gasteiger partial charge in [-0.2, -0.15) is 0 Å². The number of nitrogen functional groups attached to an aromatic ring is 1. The zero-order valence-electron chi connectivity index (χ0n) is 11.6. The number of hydrogen-bond acceptors (Lipinski definition) is 3. The number of nitrogens with two attached hydrogens (primary N) is 1.